The third-order valence-corrected chi connectivity index (χ3v) is 4.54. The number of allylic oxidation sites excluding steroid dienone is 2. The molecule has 19 heavy (non-hydrogen) atoms. The van der Waals surface area contributed by atoms with E-state index < -0.39 is 0 Å². The van der Waals surface area contributed by atoms with Crippen LogP contribution in [0.5, 0.6) is 0 Å². The summed E-state index contributed by atoms with van der Waals surface area (Å²) in [6.45, 7) is 10.4. The number of benzene rings is 1. The minimum atomic E-state index is 0.770. The van der Waals surface area contributed by atoms with E-state index in [-0.39, 0.29) is 0 Å². The molecule has 0 aliphatic heterocycles. The molecular formula is C18H25N. The molecule has 0 atom stereocenters. The zero-order valence-corrected chi connectivity index (χ0v) is 12.5. The lowest BCUT2D eigenvalue weighted by Crippen LogP contribution is -2.08. The highest BCUT2D eigenvalue weighted by Crippen LogP contribution is 2.36. The van der Waals surface area contributed by atoms with Gasteiger partial charge in [0.25, 0.3) is 0 Å². The van der Waals surface area contributed by atoms with Gasteiger partial charge < -0.3 is 0 Å². The fourth-order valence-electron chi connectivity index (χ4n) is 3.14. The van der Waals surface area contributed by atoms with E-state index in [1.165, 1.54) is 48.8 Å². The molecule has 0 amide bonds. The van der Waals surface area contributed by atoms with E-state index >= 15 is 0 Å². The van der Waals surface area contributed by atoms with E-state index in [2.05, 4.69) is 50.7 Å². The molecule has 1 fully saturated rings. The fourth-order valence-corrected chi connectivity index (χ4v) is 3.14. The lowest BCUT2D eigenvalue weighted by atomic mass is 9.81. The van der Waals surface area contributed by atoms with Crippen molar-refractivity contribution in [2.75, 3.05) is 0 Å². The van der Waals surface area contributed by atoms with Crippen LogP contribution in [-0.2, 0) is 0 Å². The Labute approximate surface area is 117 Å². The molecule has 1 heteroatoms. The van der Waals surface area contributed by atoms with Crippen molar-refractivity contribution in [1.29, 1.82) is 0 Å². The van der Waals surface area contributed by atoms with Crippen molar-refractivity contribution in [3.63, 3.8) is 0 Å². The average molecular weight is 255 g/mol. The highest BCUT2D eigenvalue weighted by molar-refractivity contribution is 5.77. The number of rotatable bonds is 3. The summed E-state index contributed by atoms with van der Waals surface area (Å²) in [6, 6.07) is 6.43. The average Bonchev–Trinajstić information content (AvgIpc) is 2.46. The van der Waals surface area contributed by atoms with E-state index in [0.717, 1.165) is 11.6 Å². The summed E-state index contributed by atoms with van der Waals surface area (Å²) in [5.74, 6) is 0.770. The van der Waals surface area contributed by atoms with Crippen LogP contribution in [-0.4, -0.2) is 6.72 Å². The van der Waals surface area contributed by atoms with Gasteiger partial charge >= 0.3 is 0 Å². The number of aryl methyl sites for hydroxylation is 1. The van der Waals surface area contributed by atoms with Crippen LogP contribution in [0.3, 0.4) is 0 Å². The van der Waals surface area contributed by atoms with Gasteiger partial charge in [0.05, 0.1) is 5.69 Å². The van der Waals surface area contributed by atoms with Crippen molar-refractivity contribution >= 4 is 18.0 Å². The van der Waals surface area contributed by atoms with Gasteiger partial charge in [-0.3, -0.25) is 4.99 Å². The molecule has 2 rings (SSSR count). The van der Waals surface area contributed by atoms with E-state index in [1.54, 1.807) is 5.57 Å². The Kier molecular flexibility index (Phi) is 4.57. The van der Waals surface area contributed by atoms with Gasteiger partial charge in [0.2, 0.25) is 0 Å². The van der Waals surface area contributed by atoms with Crippen LogP contribution in [0.1, 0.15) is 57.1 Å². The maximum absolute atomic E-state index is 4.18. The molecule has 1 aromatic carbocycles. The SMILES string of the molecule is C=Nc1ccc(C)cc1/C(C)=C(\C)C1CCCCC1. The van der Waals surface area contributed by atoms with Gasteiger partial charge in [-0.1, -0.05) is 36.5 Å². The molecule has 0 radical (unpaired) electrons. The molecule has 1 aliphatic carbocycles. The van der Waals surface area contributed by atoms with Crippen molar-refractivity contribution in [3.05, 3.63) is 34.9 Å². The van der Waals surface area contributed by atoms with E-state index in [9.17, 15) is 0 Å². The molecule has 0 aromatic heterocycles. The molecule has 1 aliphatic rings. The zero-order valence-electron chi connectivity index (χ0n) is 12.5. The molecular weight excluding hydrogens is 230 g/mol. The third kappa shape index (κ3) is 3.15. The Morgan fingerprint density at radius 3 is 2.47 bits per heavy atom. The van der Waals surface area contributed by atoms with Crippen LogP contribution >= 0.6 is 0 Å². The first-order chi connectivity index (χ1) is 9.13. The minimum Gasteiger partial charge on any atom is -0.264 e. The first-order valence-electron chi connectivity index (χ1n) is 7.38. The van der Waals surface area contributed by atoms with Crippen molar-refractivity contribution in [1.82, 2.24) is 0 Å². The number of aliphatic imine (C=N–C) groups is 1. The second-order valence-electron chi connectivity index (χ2n) is 5.82. The molecule has 0 unspecified atom stereocenters. The van der Waals surface area contributed by atoms with Crippen LogP contribution in [0, 0.1) is 12.8 Å². The molecule has 1 aromatic rings. The largest absolute Gasteiger partial charge is 0.264 e. The normalized spacial score (nSPS) is 18.1. The van der Waals surface area contributed by atoms with Crippen LogP contribution in [0.4, 0.5) is 5.69 Å². The van der Waals surface area contributed by atoms with Gasteiger partial charge in [-0.05, 0) is 64.0 Å². The Bertz CT molecular complexity index is 490. The van der Waals surface area contributed by atoms with Crippen molar-refractivity contribution in [2.24, 2.45) is 10.9 Å². The summed E-state index contributed by atoms with van der Waals surface area (Å²) in [4.78, 5) is 4.18. The summed E-state index contributed by atoms with van der Waals surface area (Å²) in [5.41, 5.74) is 6.52. The first-order valence-corrected chi connectivity index (χ1v) is 7.38. The number of hydrogen-bond acceptors (Lipinski definition) is 1. The first kappa shape index (κ1) is 14.0. The number of hydrogen-bond donors (Lipinski definition) is 0. The molecule has 0 bridgehead atoms. The summed E-state index contributed by atoms with van der Waals surface area (Å²) >= 11 is 0. The Morgan fingerprint density at radius 2 is 1.84 bits per heavy atom. The molecule has 0 heterocycles. The predicted molar refractivity (Wildman–Crippen MR) is 85.2 cm³/mol. The van der Waals surface area contributed by atoms with Crippen LogP contribution < -0.4 is 0 Å². The van der Waals surface area contributed by atoms with Gasteiger partial charge in [-0.2, -0.15) is 0 Å². The Balaban J connectivity index is 2.38. The van der Waals surface area contributed by atoms with Crippen LogP contribution in [0.15, 0.2) is 28.8 Å². The van der Waals surface area contributed by atoms with E-state index in [0.29, 0.717) is 0 Å². The highest BCUT2D eigenvalue weighted by Gasteiger charge is 2.18. The lowest BCUT2D eigenvalue weighted by molar-refractivity contribution is 0.403. The maximum atomic E-state index is 4.18. The quantitative estimate of drug-likeness (QED) is 0.614. The summed E-state index contributed by atoms with van der Waals surface area (Å²) < 4.78 is 0. The van der Waals surface area contributed by atoms with Gasteiger partial charge in [0.1, 0.15) is 0 Å². The number of nitrogens with zero attached hydrogens (tertiary/aromatic N) is 1. The second kappa shape index (κ2) is 6.18. The maximum Gasteiger partial charge on any atom is 0.0697 e. The van der Waals surface area contributed by atoms with E-state index in [1.807, 2.05) is 0 Å². The lowest BCUT2D eigenvalue weighted by Gasteiger charge is -2.24. The summed E-state index contributed by atoms with van der Waals surface area (Å²) in [7, 11) is 0. The molecule has 0 saturated heterocycles. The van der Waals surface area contributed by atoms with E-state index in [4.69, 9.17) is 0 Å². The molecule has 102 valence electrons. The second-order valence-corrected chi connectivity index (χ2v) is 5.82. The van der Waals surface area contributed by atoms with Gasteiger partial charge in [0.15, 0.2) is 0 Å². The van der Waals surface area contributed by atoms with Gasteiger partial charge in [0, 0.05) is 5.56 Å². The Hall–Kier alpha value is -1.37. The predicted octanol–water partition coefficient (Wildman–Crippen LogP) is 5.70. The summed E-state index contributed by atoms with van der Waals surface area (Å²) in [5, 5.41) is 0. The minimum absolute atomic E-state index is 0.770. The van der Waals surface area contributed by atoms with Crippen molar-refractivity contribution in [2.45, 2.75) is 52.9 Å². The monoisotopic (exact) mass is 255 g/mol. The fraction of sp³-hybridized carbons (Fsp3) is 0.500. The van der Waals surface area contributed by atoms with Crippen LogP contribution in [0.2, 0.25) is 0 Å². The topological polar surface area (TPSA) is 12.4 Å². The molecule has 1 nitrogen and oxygen atoms in total. The molecule has 1 saturated carbocycles. The molecule has 0 spiro atoms. The summed E-state index contributed by atoms with van der Waals surface area (Å²) in [6.07, 6.45) is 6.88. The van der Waals surface area contributed by atoms with Crippen molar-refractivity contribution in [3.8, 4) is 0 Å². The third-order valence-electron chi connectivity index (χ3n) is 4.54. The smallest absolute Gasteiger partial charge is 0.0697 e. The standard InChI is InChI=1S/C18H25N/c1-13-10-11-18(19-4)17(12-13)15(3)14(2)16-8-6-5-7-9-16/h10-12,16H,4-9H2,1-3H3/b15-14+. The van der Waals surface area contributed by atoms with Crippen molar-refractivity contribution < 1.29 is 0 Å². The zero-order chi connectivity index (χ0) is 13.8. The van der Waals surface area contributed by atoms with Crippen LogP contribution in [0.25, 0.3) is 5.57 Å². The molecule has 0 N–H and O–H groups in total. The van der Waals surface area contributed by atoms with Gasteiger partial charge in [-0.25, -0.2) is 0 Å². The highest BCUT2D eigenvalue weighted by atomic mass is 14.7. The van der Waals surface area contributed by atoms with Gasteiger partial charge in [-0.15, -0.1) is 0 Å². The Morgan fingerprint density at radius 1 is 1.16 bits per heavy atom.